The number of ketones is 1. The number of aromatic nitrogens is 1. The number of amides is 1. The Bertz CT molecular complexity index is 1860. The number of aromatic hydroxyl groups is 1. The number of carbonyl (C=O) groups excluding carboxylic acids is 2. The van der Waals surface area contributed by atoms with Gasteiger partial charge in [0.1, 0.15) is 35.7 Å². The molecule has 2 saturated heterocycles. The zero-order valence-corrected chi connectivity index (χ0v) is 34.9. The van der Waals surface area contributed by atoms with E-state index >= 15 is 0 Å². The standard InChI is InChI=1S/C44H62N2O12/c1-10-12-14-22-32-43(6,7)39(51)40(52)44(55,58-32)29(11-2)41(53)45-24-18-17-20-27(4)37(56-9)28(5)38-36(50)35(49)31(57-38)21-16-13-15-19-26(3)34(48)33-30(47)23-25-46(8)42(33)54/h10,12-23,25,28-29,31-32,35-40,47,49-52,55H,11,24H2,1-9H3,(H,45,53)/b12-10-,15-13+,18-17+,21-16+,22-14+,26-19+,27-20+/t28-,29-,31-,32+,35+,36+,37-,38?,39+,40-,44-/m1/s1. The van der Waals surface area contributed by atoms with Crippen LogP contribution < -0.4 is 10.9 Å². The molecular formula is C44H62N2O12. The van der Waals surface area contributed by atoms with Gasteiger partial charge >= 0.3 is 0 Å². The average molecular weight is 811 g/mol. The lowest BCUT2D eigenvalue weighted by molar-refractivity contribution is -0.359. The molecule has 1 aromatic heterocycles. The molecule has 3 heterocycles. The second-order valence-electron chi connectivity index (χ2n) is 15.5. The van der Waals surface area contributed by atoms with Crippen LogP contribution in [0.5, 0.6) is 5.75 Å². The summed E-state index contributed by atoms with van der Waals surface area (Å²) in [6.07, 6.45) is 13.0. The fourth-order valence-corrected chi connectivity index (χ4v) is 7.27. The molecule has 58 heavy (non-hydrogen) atoms. The highest BCUT2D eigenvalue weighted by Crippen LogP contribution is 2.44. The predicted molar refractivity (Wildman–Crippen MR) is 220 cm³/mol. The second-order valence-corrected chi connectivity index (χ2v) is 15.5. The number of allylic oxidation sites excluding steroid dienone is 10. The minimum Gasteiger partial charge on any atom is -0.507 e. The third-order valence-corrected chi connectivity index (χ3v) is 11.0. The molecule has 0 saturated carbocycles. The van der Waals surface area contributed by atoms with E-state index in [2.05, 4.69) is 5.32 Å². The van der Waals surface area contributed by atoms with Crippen LogP contribution in [0.2, 0.25) is 0 Å². The Kier molecular flexibility index (Phi) is 17.5. The van der Waals surface area contributed by atoms with E-state index in [1.54, 1.807) is 81.5 Å². The van der Waals surface area contributed by atoms with E-state index in [1.807, 2.05) is 26.8 Å². The van der Waals surface area contributed by atoms with Crippen LogP contribution >= 0.6 is 0 Å². The Labute approximate surface area is 340 Å². The first kappa shape index (κ1) is 48.1. The quantitative estimate of drug-likeness (QED) is 0.0687. The molecule has 0 spiro atoms. The molecule has 14 nitrogen and oxygen atoms in total. The fourth-order valence-electron chi connectivity index (χ4n) is 7.27. The molecule has 0 radical (unpaired) electrons. The van der Waals surface area contributed by atoms with Crippen LogP contribution in [0.1, 0.15) is 65.2 Å². The van der Waals surface area contributed by atoms with Crippen molar-refractivity contribution in [3.8, 4) is 5.75 Å². The van der Waals surface area contributed by atoms with Gasteiger partial charge in [-0.25, -0.2) is 0 Å². The third-order valence-electron chi connectivity index (χ3n) is 11.0. The van der Waals surface area contributed by atoms with Crippen LogP contribution in [0.4, 0.5) is 0 Å². The summed E-state index contributed by atoms with van der Waals surface area (Å²) in [5, 5.41) is 68.0. The first-order valence-corrected chi connectivity index (χ1v) is 19.5. The summed E-state index contributed by atoms with van der Waals surface area (Å²) in [6, 6.07) is 1.27. The van der Waals surface area contributed by atoms with Crippen molar-refractivity contribution in [1.82, 2.24) is 9.88 Å². The van der Waals surface area contributed by atoms with Gasteiger partial charge in [0.15, 0.2) is 5.78 Å². The lowest BCUT2D eigenvalue weighted by Gasteiger charge is -2.53. The number of hydrogen-bond acceptors (Lipinski definition) is 12. The second kappa shape index (κ2) is 21.1. The van der Waals surface area contributed by atoms with Gasteiger partial charge in [-0.05, 0) is 44.4 Å². The fraction of sp³-hybridized carbons (Fsp3) is 0.523. The smallest absolute Gasteiger partial charge is 0.265 e. The molecule has 2 aliphatic heterocycles. The van der Waals surface area contributed by atoms with Crippen LogP contribution in [0.15, 0.2) is 101 Å². The average Bonchev–Trinajstić information content (AvgIpc) is 3.46. The number of nitrogens with one attached hydrogen (secondary N) is 1. The van der Waals surface area contributed by atoms with Crippen LogP contribution in [-0.4, -0.2) is 115 Å². The van der Waals surface area contributed by atoms with Crippen molar-refractivity contribution in [3.05, 3.63) is 112 Å². The zero-order chi connectivity index (χ0) is 43.5. The van der Waals surface area contributed by atoms with E-state index in [0.29, 0.717) is 0 Å². The molecule has 2 aliphatic rings. The van der Waals surface area contributed by atoms with Gasteiger partial charge in [-0.1, -0.05) is 101 Å². The van der Waals surface area contributed by atoms with Crippen molar-refractivity contribution in [1.29, 1.82) is 0 Å². The SMILES string of the molecule is C/C=C\C=C\[C@@H]1O[C@](O)([C@H](CC)C(=O)NC/C=C/C=C(\C)[C@@H](OC)[C@@H](C)C2O[C@H](/C=C/C=C/C=C(\C)C(=O)c3c(O)ccn(C)c3=O)[C@H](O)[C@@H]2O)[C@H](O)[C@H](O)C1(C)C. The van der Waals surface area contributed by atoms with Crippen molar-refractivity contribution in [2.45, 2.75) is 110 Å². The molecule has 11 atom stereocenters. The summed E-state index contributed by atoms with van der Waals surface area (Å²) in [4.78, 5) is 38.4. The van der Waals surface area contributed by atoms with E-state index in [4.69, 9.17) is 14.2 Å². The summed E-state index contributed by atoms with van der Waals surface area (Å²) >= 11 is 0. The van der Waals surface area contributed by atoms with Crippen LogP contribution in [0, 0.1) is 17.3 Å². The summed E-state index contributed by atoms with van der Waals surface area (Å²) in [5.74, 6) is -5.51. The number of ether oxygens (including phenoxy) is 3. The molecule has 1 aromatic rings. The van der Waals surface area contributed by atoms with Gasteiger partial charge in [-0.3, -0.25) is 14.4 Å². The maximum absolute atomic E-state index is 13.3. The Balaban J connectivity index is 1.61. The van der Waals surface area contributed by atoms with Crippen molar-refractivity contribution in [2.24, 2.45) is 24.3 Å². The number of methoxy groups -OCH3 is 1. The Morgan fingerprint density at radius 1 is 1.00 bits per heavy atom. The van der Waals surface area contributed by atoms with E-state index in [0.717, 1.165) is 5.57 Å². The van der Waals surface area contributed by atoms with Crippen molar-refractivity contribution in [3.63, 3.8) is 0 Å². The highest BCUT2D eigenvalue weighted by Gasteiger charge is 2.60. The van der Waals surface area contributed by atoms with Gasteiger partial charge in [-0.2, -0.15) is 0 Å². The lowest BCUT2D eigenvalue weighted by atomic mass is 9.71. The molecule has 0 aliphatic carbocycles. The third kappa shape index (κ3) is 10.9. The molecule has 1 amide bonds. The first-order valence-electron chi connectivity index (χ1n) is 19.5. The number of aliphatic hydroxyl groups excluding tert-OH is 4. The number of carbonyl (C=O) groups is 2. The highest BCUT2D eigenvalue weighted by molar-refractivity contribution is 6.09. The summed E-state index contributed by atoms with van der Waals surface area (Å²) in [5.41, 5.74) is -0.881. The molecular weight excluding hydrogens is 748 g/mol. The summed E-state index contributed by atoms with van der Waals surface area (Å²) < 4.78 is 19.0. The van der Waals surface area contributed by atoms with Crippen LogP contribution in [0.25, 0.3) is 0 Å². The highest BCUT2D eigenvalue weighted by atomic mass is 16.7. The maximum Gasteiger partial charge on any atom is 0.265 e. The molecule has 0 aromatic carbocycles. The van der Waals surface area contributed by atoms with Gasteiger partial charge in [0.05, 0.1) is 30.3 Å². The minimum absolute atomic E-state index is 0.0818. The van der Waals surface area contributed by atoms with Crippen LogP contribution in [0.3, 0.4) is 0 Å². The molecule has 320 valence electrons. The van der Waals surface area contributed by atoms with Crippen molar-refractivity contribution < 1.29 is 54.4 Å². The molecule has 3 rings (SSSR count). The van der Waals surface area contributed by atoms with E-state index in [9.17, 15) is 45.0 Å². The van der Waals surface area contributed by atoms with E-state index < -0.39 is 94.9 Å². The summed E-state index contributed by atoms with van der Waals surface area (Å²) in [7, 11) is 3.01. The largest absolute Gasteiger partial charge is 0.507 e. The maximum atomic E-state index is 13.3. The number of aliphatic hydroxyl groups is 5. The number of nitrogens with zero attached hydrogens (tertiary/aromatic N) is 1. The van der Waals surface area contributed by atoms with Crippen molar-refractivity contribution >= 4 is 11.7 Å². The Morgan fingerprint density at radius 3 is 2.31 bits per heavy atom. The van der Waals surface area contributed by atoms with Crippen molar-refractivity contribution in [2.75, 3.05) is 13.7 Å². The van der Waals surface area contributed by atoms with Gasteiger partial charge in [0.25, 0.3) is 5.56 Å². The lowest BCUT2D eigenvalue weighted by Crippen LogP contribution is -2.69. The molecule has 7 N–H and O–H groups in total. The van der Waals surface area contributed by atoms with Gasteiger partial charge in [0, 0.05) is 38.2 Å². The number of pyridine rings is 1. The van der Waals surface area contributed by atoms with Gasteiger partial charge in [-0.15, -0.1) is 0 Å². The molecule has 14 heteroatoms. The normalized spacial score (nSPS) is 29.9. The van der Waals surface area contributed by atoms with Gasteiger partial charge < -0.3 is 54.7 Å². The first-order chi connectivity index (χ1) is 27.3. The monoisotopic (exact) mass is 810 g/mol. The van der Waals surface area contributed by atoms with Gasteiger partial charge in [0.2, 0.25) is 11.7 Å². The Hall–Kier alpha value is -4.25. The number of rotatable bonds is 17. The topological polar surface area (TPSA) is 217 Å². The number of hydrogen-bond donors (Lipinski definition) is 7. The van der Waals surface area contributed by atoms with E-state index in [-0.39, 0.29) is 24.1 Å². The number of Topliss-reactive ketones (excluding diaryl/α,β-unsaturated/α-hetero) is 1. The number of aryl methyl sites for hydroxylation is 1. The van der Waals surface area contributed by atoms with Crippen LogP contribution in [-0.2, 0) is 26.1 Å². The molecule has 2 fully saturated rings. The zero-order valence-electron chi connectivity index (χ0n) is 34.9. The molecule has 0 bridgehead atoms. The predicted octanol–water partition coefficient (Wildman–Crippen LogP) is 3.09. The van der Waals surface area contributed by atoms with E-state index in [1.165, 1.54) is 44.0 Å². The summed E-state index contributed by atoms with van der Waals surface area (Å²) in [6.45, 7) is 12.2. The molecule has 1 unspecified atom stereocenters. The Morgan fingerprint density at radius 2 is 1.67 bits per heavy atom. The minimum atomic E-state index is -2.34.